The number of aromatic nitrogens is 3. The molecule has 3 nitrogen and oxygen atoms in total. The fourth-order valence-electron chi connectivity index (χ4n) is 6.99. The third-order valence-electron chi connectivity index (χ3n) is 9.82. The van der Waals surface area contributed by atoms with Gasteiger partial charge in [-0.1, -0.05) is 148 Å². The van der Waals surface area contributed by atoms with Gasteiger partial charge in [-0.15, -0.1) is 47.3 Å². The van der Waals surface area contributed by atoms with E-state index in [1.165, 1.54) is 37.5 Å². The van der Waals surface area contributed by atoms with E-state index in [9.17, 15) is 0 Å². The molecule has 0 bridgehead atoms. The van der Waals surface area contributed by atoms with Crippen LogP contribution in [0.5, 0.6) is 0 Å². The molecule has 3 heterocycles. The summed E-state index contributed by atoms with van der Waals surface area (Å²) in [5, 5.41) is 6.20. The number of pyridine rings is 1. The average Bonchev–Trinajstić information content (AvgIpc) is 3.76. The molecule has 0 unspecified atom stereocenters. The molecule has 8 rings (SSSR count). The van der Waals surface area contributed by atoms with E-state index in [0.29, 0.717) is 5.92 Å². The molecule has 55 heavy (non-hydrogen) atoms. The van der Waals surface area contributed by atoms with Crippen LogP contribution in [-0.4, -0.2) is 22.6 Å². The van der Waals surface area contributed by atoms with Gasteiger partial charge in [-0.05, 0) is 69.6 Å². The fraction of sp³-hybridized carbons (Fsp3) is 0.224. The third kappa shape index (κ3) is 9.00. The Hall–Kier alpha value is -4.45. The maximum atomic E-state index is 5.03. The first-order chi connectivity index (χ1) is 25.9. The largest absolute Gasteiger partial charge is 0.333 e. The van der Waals surface area contributed by atoms with Crippen molar-refractivity contribution in [2.45, 2.75) is 66.1 Å². The molecule has 5 aromatic carbocycles. The van der Waals surface area contributed by atoms with E-state index in [2.05, 4.69) is 185 Å². The van der Waals surface area contributed by atoms with Gasteiger partial charge >= 0.3 is 0 Å². The predicted octanol–water partition coefficient (Wildman–Crippen LogP) is 13.0. The van der Waals surface area contributed by atoms with Crippen molar-refractivity contribution in [3.8, 4) is 39.5 Å². The maximum absolute atomic E-state index is 5.03. The second-order valence-electron chi connectivity index (χ2n) is 16.6. The predicted molar refractivity (Wildman–Crippen MR) is 235 cm³/mol. The SMILES string of the molecule is CC(C)(C)c1ccc(-c2ccc(-n3c(-c4[c-]sc5ccccc45)nc4ccccc43)cc2)cc1.CC(C)Cc1cc(-c2[c-]cccc2)ncc1[Si](C)(C)C.[Ir]. The standard InChI is InChI=1S/C31H25N2S.C18H24NSi.Ir/c1-31(2,3)23-16-12-21(13-17-23)22-14-18-24(19-15-22)33-28-10-6-5-9-27(28)32-30(33)26-20-34-29-11-7-4-8-25(26)29;1-14(2)11-16-12-17(15-9-7-6-8-10-15)19-13-18(16)20(3,4)5;/h4-19H,1-3H3;6-9,12-14H,11H2,1-5H3;/q2*-1;. The second-order valence-corrected chi connectivity index (χ2v) is 22.4. The molecule has 0 N–H and O–H groups in total. The molecule has 6 heteroatoms. The first-order valence-corrected chi connectivity index (χ1v) is 23.2. The summed E-state index contributed by atoms with van der Waals surface area (Å²) in [5.74, 6) is 1.60. The summed E-state index contributed by atoms with van der Waals surface area (Å²) in [7, 11) is -1.34. The van der Waals surface area contributed by atoms with Gasteiger partial charge in [0.15, 0.2) is 0 Å². The molecule has 0 fully saturated rings. The summed E-state index contributed by atoms with van der Waals surface area (Å²) in [6.45, 7) is 18.5. The molecule has 0 saturated heterocycles. The van der Waals surface area contributed by atoms with Crippen molar-refractivity contribution in [1.82, 2.24) is 14.5 Å². The first kappa shape index (κ1) is 40.2. The maximum Gasteiger partial charge on any atom is 0.0798 e. The second kappa shape index (κ2) is 16.7. The Labute approximate surface area is 345 Å². The van der Waals surface area contributed by atoms with Crippen LogP contribution in [0.2, 0.25) is 19.6 Å². The minimum atomic E-state index is -1.34. The number of imidazole rings is 1. The Morgan fingerprint density at radius 2 is 1.44 bits per heavy atom. The van der Waals surface area contributed by atoms with Crippen LogP contribution in [0.3, 0.4) is 0 Å². The van der Waals surface area contributed by atoms with E-state index in [0.717, 1.165) is 45.8 Å². The van der Waals surface area contributed by atoms with E-state index in [-0.39, 0.29) is 25.5 Å². The minimum absolute atomic E-state index is 0. The summed E-state index contributed by atoms with van der Waals surface area (Å²) in [6.07, 6.45) is 3.24. The molecular weight excluding hydrogens is 883 g/mol. The fourth-order valence-corrected chi connectivity index (χ4v) is 9.42. The Morgan fingerprint density at radius 1 is 0.782 bits per heavy atom. The monoisotopic (exact) mass is 932 g/mol. The van der Waals surface area contributed by atoms with Gasteiger partial charge in [-0.3, -0.25) is 16.3 Å². The van der Waals surface area contributed by atoms with Crippen molar-refractivity contribution >= 4 is 45.7 Å². The number of nitrogens with zero attached hydrogens (tertiary/aromatic N) is 3. The van der Waals surface area contributed by atoms with E-state index in [4.69, 9.17) is 4.98 Å². The molecule has 281 valence electrons. The van der Waals surface area contributed by atoms with Crippen molar-refractivity contribution in [1.29, 1.82) is 0 Å². The zero-order chi connectivity index (χ0) is 38.0. The minimum Gasteiger partial charge on any atom is -0.333 e. The molecule has 3 aromatic heterocycles. The molecule has 0 atom stereocenters. The normalized spacial score (nSPS) is 11.7. The molecule has 0 aliphatic carbocycles. The zero-order valence-corrected chi connectivity index (χ0v) is 37.3. The third-order valence-corrected chi connectivity index (χ3v) is 12.8. The molecule has 0 aliphatic heterocycles. The van der Waals surface area contributed by atoms with Gasteiger partial charge in [0.05, 0.1) is 24.9 Å². The van der Waals surface area contributed by atoms with Crippen molar-refractivity contribution in [3.63, 3.8) is 0 Å². The van der Waals surface area contributed by atoms with Gasteiger partial charge in [0, 0.05) is 32.0 Å². The Bertz CT molecular complexity index is 2500. The van der Waals surface area contributed by atoms with Crippen molar-refractivity contribution < 1.29 is 20.1 Å². The summed E-state index contributed by atoms with van der Waals surface area (Å²) >= 11 is 1.65. The summed E-state index contributed by atoms with van der Waals surface area (Å²) in [6, 6.07) is 48.1. The molecule has 8 aromatic rings. The van der Waals surface area contributed by atoms with Gasteiger partial charge in [-0.2, -0.15) is 0 Å². The van der Waals surface area contributed by atoms with Gasteiger partial charge < -0.3 is 9.55 Å². The summed E-state index contributed by atoms with van der Waals surface area (Å²) in [4.78, 5) is 9.72. The zero-order valence-electron chi connectivity index (χ0n) is 33.1. The Morgan fingerprint density at radius 3 is 2.09 bits per heavy atom. The first-order valence-electron chi connectivity index (χ1n) is 18.9. The molecule has 0 aliphatic rings. The van der Waals surface area contributed by atoms with Gasteiger partial charge in [0.2, 0.25) is 0 Å². The Balaban J connectivity index is 0.000000211. The number of rotatable bonds is 7. The number of para-hydroxylation sites is 2. The van der Waals surface area contributed by atoms with E-state index in [1.807, 2.05) is 24.3 Å². The van der Waals surface area contributed by atoms with Gasteiger partial charge in [-0.25, -0.2) is 0 Å². The number of fused-ring (bicyclic) bond motifs is 2. The quantitative estimate of drug-likeness (QED) is 0.118. The van der Waals surface area contributed by atoms with E-state index >= 15 is 0 Å². The summed E-state index contributed by atoms with van der Waals surface area (Å²) in [5.41, 5.74) is 11.8. The average molecular weight is 932 g/mol. The number of hydrogen-bond acceptors (Lipinski definition) is 3. The number of thiophene rings is 1. The van der Waals surface area contributed by atoms with Crippen LogP contribution in [0.25, 0.3) is 60.6 Å². The van der Waals surface area contributed by atoms with Crippen molar-refractivity contribution in [3.05, 3.63) is 156 Å². The molecule has 0 saturated carbocycles. The van der Waals surface area contributed by atoms with Crippen LogP contribution >= 0.6 is 11.3 Å². The van der Waals surface area contributed by atoms with Crippen molar-refractivity contribution in [2.24, 2.45) is 5.92 Å². The van der Waals surface area contributed by atoms with E-state index < -0.39 is 8.07 Å². The van der Waals surface area contributed by atoms with Crippen LogP contribution in [0, 0.1) is 17.4 Å². The number of hydrogen-bond donors (Lipinski definition) is 0. The molecule has 1 radical (unpaired) electrons. The molecule has 0 amide bonds. The van der Waals surface area contributed by atoms with Crippen LogP contribution < -0.4 is 5.19 Å². The molecule has 0 spiro atoms. The molecular formula is C49H49IrN3SSi-2. The van der Waals surface area contributed by atoms with Crippen molar-refractivity contribution in [2.75, 3.05) is 0 Å². The smallest absolute Gasteiger partial charge is 0.0798 e. The Kier molecular flexibility index (Phi) is 12.2. The van der Waals surface area contributed by atoms with Crippen LogP contribution in [0.4, 0.5) is 0 Å². The van der Waals surface area contributed by atoms with Gasteiger partial charge in [0.25, 0.3) is 0 Å². The summed E-state index contributed by atoms with van der Waals surface area (Å²) < 4.78 is 3.48. The van der Waals surface area contributed by atoms with Crippen LogP contribution in [0.1, 0.15) is 45.7 Å². The number of benzene rings is 5. The van der Waals surface area contributed by atoms with Crippen LogP contribution in [-0.2, 0) is 31.9 Å². The van der Waals surface area contributed by atoms with Gasteiger partial charge in [0.1, 0.15) is 0 Å². The van der Waals surface area contributed by atoms with Crippen LogP contribution in [0.15, 0.2) is 134 Å². The van der Waals surface area contributed by atoms with E-state index in [1.54, 1.807) is 11.3 Å². The topological polar surface area (TPSA) is 30.7 Å².